The molecule has 0 aliphatic rings. The predicted molar refractivity (Wildman–Crippen MR) is 98.8 cm³/mol. The standard InChI is InChI=1S/C21H20N2O3/c1-16(19-6-4-3-5-7-19)23(2)20(24)15-26-21(25)13-12-17-8-10-18(14-22)11-9-17/h3-13,16H,15H2,1-2H3/b13-12+/t16-/m1/s1. The lowest BCUT2D eigenvalue weighted by Crippen LogP contribution is -2.33. The minimum atomic E-state index is -0.594. The molecule has 0 unspecified atom stereocenters. The molecule has 0 aliphatic heterocycles. The number of rotatable bonds is 6. The van der Waals surface area contributed by atoms with Crippen molar-refractivity contribution in [3.05, 3.63) is 77.4 Å². The molecule has 5 nitrogen and oxygen atoms in total. The van der Waals surface area contributed by atoms with E-state index in [0.29, 0.717) is 5.56 Å². The molecule has 0 aromatic heterocycles. The van der Waals surface area contributed by atoms with Crippen molar-refractivity contribution in [3.63, 3.8) is 0 Å². The van der Waals surface area contributed by atoms with Gasteiger partial charge in [0.1, 0.15) is 0 Å². The molecule has 0 heterocycles. The molecule has 0 bridgehead atoms. The molecule has 0 aliphatic carbocycles. The maximum absolute atomic E-state index is 12.2. The van der Waals surface area contributed by atoms with Crippen LogP contribution in [0.1, 0.15) is 29.7 Å². The van der Waals surface area contributed by atoms with Crippen molar-refractivity contribution in [1.82, 2.24) is 4.90 Å². The zero-order valence-electron chi connectivity index (χ0n) is 14.8. The van der Waals surface area contributed by atoms with Gasteiger partial charge in [-0.2, -0.15) is 5.26 Å². The molecule has 0 fully saturated rings. The number of carbonyl (C=O) groups is 2. The van der Waals surface area contributed by atoms with Crippen LogP contribution in [0.25, 0.3) is 6.08 Å². The van der Waals surface area contributed by atoms with Crippen LogP contribution < -0.4 is 0 Å². The summed E-state index contributed by atoms with van der Waals surface area (Å²) in [5.74, 6) is -0.870. The summed E-state index contributed by atoms with van der Waals surface area (Å²) in [7, 11) is 1.68. The number of nitrogens with zero attached hydrogens (tertiary/aromatic N) is 2. The van der Waals surface area contributed by atoms with Crippen LogP contribution in [0.4, 0.5) is 0 Å². The molecule has 0 saturated heterocycles. The number of amides is 1. The van der Waals surface area contributed by atoms with E-state index < -0.39 is 5.97 Å². The number of esters is 1. The third-order valence-corrected chi connectivity index (χ3v) is 4.05. The Morgan fingerprint density at radius 3 is 2.42 bits per heavy atom. The minimum Gasteiger partial charge on any atom is -0.452 e. The summed E-state index contributed by atoms with van der Waals surface area (Å²) in [6.07, 6.45) is 2.83. The highest BCUT2D eigenvalue weighted by Crippen LogP contribution is 2.18. The van der Waals surface area contributed by atoms with Gasteiger partial charge in [-0.25, -0.2) is 4.79 Å². The van der Waals surface area contributed by atoms with E-state index in [0.717, 1.165) is 11.1 Å². The van der Waals surface area contributed by atoms with E-state index in [1.54, 1.807) is 42.3 Å². The molecule has 2 rings (SSSR count). The van der Waals surface area contributed by atoms with Crippen molar-refractivity contribution < 1.29 is 14.3 Å². The summed E-state index contributed by atoms with van der Waals surface area (Å²) < 4.78 is 5.01. The van der Waals surface area contributed by atoms with Gasteiger partial charge in [0.25, 0.3) is 5.91 Å². The van der Waals surface area contributed by atoms with Crippen molar-refractivity contribution >= 4 is 18.0 Å². The van der Waals surface area contributed by atoms with Crippen LogP contribution >= 0.6 is 0 Å². The first kappa shape index (κ1) is 18.9. The first-order chi connectivity index (χ1) is 12.5. The van der Waals surface area contributed by atoms with E-state index in [1.165, 1.54) is 6.08 Å². The first-order valence-electron chi connectivity index (χ1n) is 8.17. The molecule has 132 valence electrons. The van der Waals surface area contributed by atoms with E-state index in [4.69, 9.17) is 10.00 Å². The highest BCUT2D eigenvalue weighted by Gasteiger charge is 2.18. The van der Waals surface area contributed by atoms with E-state index in [2.05, 4.69) is 0 Å². The van der Waals surface area contributed by atoms with Gasteiger partial charge in [0.2, 0.25) is 0 Å². The van der Waals surface area contributed by atoms with Gasteiger partial charge in [0, 0.05) is 13.1 Å². The Hall–Kier alpha value is -3.39. The van der Waals surface area contributed by atoms with Gasteiger partial charge in [-0.15, -0.1) is 0 Å². The highest BCUT2D eigenvalue weighted by molar-refractivity contribution is 5.89. The van der Waals surface area contributed by atoms with Crippen molar-refractivity contribution in [2.75, 3.05) is 13.7 Å². The fourth-order valence-electron chi connectivity index (χ4n) is 2.29. The molecule has 0 spiro atoms. The van der Waals surface area contributed by atoms with Gasteiger partial charge in [0.15, 0.2) is 6.61 Å². The topological polar surface area (TPSA) is 70.4 Å². The summed E-state index contributed by atoms with van der Waals surface area (Å²) in [6.45, 7) is 1.60. The lowest BCUT2D eigenvalue weighted by atomic mass is 10.1. The Morgan fingerprint density at radius 1 is 1.15 bits per heavy atom. The number of likely N-dealkylation sites (N-methyl/N-ethyl adjacent to an activating group) is 1. The average Bonchev–Trinajstić information content (AvgIpc) is 2.70. The Bertz CT molecular complexity index is 821. The van der Waals surface area contributed by atoms with Gasteiger partial charge < -0.3 is 9.64 Å². The Morgan fingerprint density at radius 2 is 1.81 bits per heavy atom. The summed E-state index contributed by atoms with van der Waals surface area (Å²) in [5, 5.41) is 8.75. The summed E-state index contributed by atoms with van der Waals surface area (Å²) >= 11 is 0. The zero-order valence-corrected chi connectivity index (χ0v) is 14.8. The monoisotopic (exact) mass is 348 g/mol. The molecule has 1 atom stereocenters. The summed E-state index contributed by atoms with van der Waals surface area (Å²) in [5.41, 5.74) is 2.32. The second-order valence-electron chi connectivity index (χ2n) is 5.77. The largest absolute Gasteiger partial charge is 0.452 e. The SMILES string of the molecule is C[C@H](c1ccccc1)N(C)C(=O)COC(=O)/C=C/c1ccc(C#N)cc1. The highest BCUT2D eigenvalue weighted by atomic mass is 16.5. The Labute approximate surface area is 153 Å². The molecular weight excluding hydrogens is 328 g/mol. The number of carbonyl (C=O) groups excluding carboxylic acids is 2. The number of benzene rings is 2. The first-order valence-corrected chi connectivity index (χ1v) is 8.17. The summed E-state index contributed by atoms with van der Waals surface area (Å²) in [6, 6.07) is 18.3. The number of ether oxygens (including phenoxy) is 1. The minimum absolute atomic E-state index is 0.114. The maximum Gasteiger partial charge on any atom is 0.331 e. The molecule has 2 aromatic rings. The molecule has 0 radical (unpaired) electrons. The van der Waals surface area contributed by atoms with Crippen molar-refractivity contribution in [3.8, 4) is 6.07 Å². The molecule has 0 saturated carbocycles. The maximum atomic E-state index is 12.2. The van der Waals surface area contributed by atoms with Gasteiger partial charge >= 0.3 is 5.97 Å². The van der Waals surface area contributed by atoms with Crippen molar-refractivity contribution in [2.24, 2.45) is 0 Å². The smallest absolute Gasteiger partial charge is 0.331 e. The van der Waals surface area contributed by atoms with Crippen LogP contribution in [0, 0.1) is 11.3 Å². The van der Waals surface area contributed by atoms with E-state index >= 15 is 0 Å². The normalized spacial score (nSPS) is 11.6. The van der Waals surface area contributed by atoms with Gasteiger partial charge in [-0.1, -0.05) is 42.5 Å². The lowest BCUT2D eigenvalue weighted by Gasteiger charge is -2.25. The fraction of sp³-hybridized carbons (Fsp3) is 0.190. The van der Waals surface area contributed by atoms with E-state index in [9.17, 15) is 9.59 Å². The molecule has 26 heavy (non-hydrogen) atoms. The van der Waals surface area contributed by atoms with E-state index in [-0.39, 0.29) is 18.6 Å². The molecular formula is C21H20N2O3. The summed E-state index contributed by atoms with van der Waals surface area (Å²) in [4.78, 5) is 25.5. The molecule has 1 amide bonds. The van der Waals surface area contributed by atoms with Gasteiger partial charge in [0.05, 0.1) is 17.7 Å². The molecule has 2 aromatic carbocycles. The molecule has 5 heteroatoms. The average molecular weight is 348 g/mol. The van der Waals surface area contributed by atoms with Crippen LogP contribution in [0.3, 0.4) is 0 Å². The van der Waals surface area contributed by atoms with Crippen LogP contribution in [-0.4, -0.2) is 30.4 Å². The van der Waals surface area contributed by atoms with Crippen molar-refractivity contribution in [2.45, 2.75) is 13.0 Å². The third-order valence-electron chi connectivity index (χ3n) is 4.05. The van der Waals surface area contributed by atoms with E-state index in [1.807, 2.05) is 43.3 Å². The lowest BCUT2D eigenvalue weighted by molar-refractivity contribution is -0.148. The van der Waals surface area contributed by atoms with Crippen LogP contribution in [0.15, 0.2) is 60.7 Å². The van der Waals surface area contributed by atoms with Gasteiger partial charge in [-0.05, 0) is 36.3 Å². The van der Waals surface area contributed by atoms with Crippen molar-refractivity contribution in [1.29, 1.82) is 5.26 Å². The van der Waals surface area contributed by atoms with Crippen LogP contribution in [0.5, 0.6) is 0 Å². The number of hydrogen-bond donors (Lipinski definition) is 0. The zero-order chi connectivity index (χ0) is 18.9. The number of hydrogen-bond acceptors (Lipinski definition) is 4. The Balaban J connectivity index is 1.85. The van der Waals surface area contributed by atoms with Crippen LogP contribution in [-0.2, 0) is 14.3 Å². The van der Waals surface area contributed by atoms with Gasteiger partial charge in [-0.3, -0.25) is 4.79 Å². The Kier molecular flexibility index (Phi) is 6.69. The molecule has 0 N–H and O–H groups in total. The van der Waals surface area contributed by atoms with Crippen LogP contribution in [0.2, 0.25) is 0 Å². The predicted octanol–water partition coefficient (Wildman–Crippen LogP) is 3.33. The number of nitriles is 1. The fourth-order valence-corrected chi connectivity index (χ4v) is 2.29. The second-order valence-corrected chi connectivity index (χ2v) is 5.77. The third kappa shape index (κ3) is 5.32. The second kappa shape index (κ2) is 9.19. The quantitative estimate of drug-likeness (QED) is 0.593.